The van der Waals surface area contributed by atoms with Crippen molar-refractivity contribution in [1.82, 2.24) is 15.0 Å². The number of pyridine rings is 1. The lowest BCUT2D eigenvalue weighted by Crippen LogP contribution is -2.45. The fraction of sp³-hybridized carbons (Fsp3) is 0.429. The van der Waals surface area contributed by atoms with Gasteiger partial charge in [0.1, 0.15) is 11.5 Å². The van der Waals surface area contributed by atoms with Crippen molar-refractivity contribution in [2.24, 2.45) is 11.8 Å². The Labute approximate surface area is 167 Å². The van der Waals surface area contributed by atoms with Crippen LogP contribution in [0.2, 0.25) is 0 Å². The van der Waals surface area contributed by atoms with Crippen LogP contribution in [0.3, 0.4) is 0 Å². The number of carboxylic acids is 1. The standard InChI is InChI=1S/C21H23N3O5/c1-10-5-14(21(26)27)9-24(8-10)20(25)16-7-17(15-6-11(2)28-13(15)4)22-19-18(16)12(3)23-29-19/h6-7,10,14H,5,8-9H2,1-4H3,(H,26,27). The highest BCUT2D eigenvalue weighted by Gasteiger charge is 2.33. The van der Waals surface area contributed by atoms with Crippen LogP contribution in [0.15, 0.2) is 21.1 Å². The minimum atomic E-state index is -0.874. The largest absolute Gasteiger partial charge is 0.481 e. The number of likely N-dealkylation sites (tertiary alicyclic amines) is 1. The molecule has 1 aliphatic heterocycles. The highest BCUT2D eigenvalue weighted by Crippen LogP contribution is 2.32. The molecule has 1 fully saturated rings. The van der Waals surface area contributed by atoms with Gasteiger partial charge in [-0.15, -0.1) is 0 Å². The zero-order valence-corrected chi connectivity index (χ0v) is 16.9. The van der Waals surface area contributed by atoms with Crippen molar-refractivity contribution in [3.05, 3.63) is 34.9 Å². The van der Waals surface area contributed by atoms with E-state index >= 15 is 0 Å². The summed E-state index contributed by atoms with van der Waals surface area (Å²) in [5, 5.41) is 14.0. The first-order chi connectivity index (χ1) is 13.7. The molecule has 2 unspecified atom stereocenters. The van der Waals surface area contributed by atoms with Crippen LogP contribution in [-0.2, 0) is 4.79 Å². The first kappa shape index (κ1) is 19.2. The number of aromatic nitrogens is 2. The van der Waals surface area contributed by atoms with Crippen molar-refractivity contribution in [1.29, 1.82) is 0 Å². The average molecular weight is 397 g/mol. The number of aryl methyl sites for hydroxylation is 3. The Balaban J connectivity index is 1.81. The first-order valence-corrected chi connectivity index (χ1v) is 9.61. The Hall–Kier alpha value is -3.16. The molecule has 0 bridgehead atoms. The molecular weight excluding hydrogens is 374 g/mol. The number of amides is 1. The number of hydrogen-bond acceptors (Lipinski definition) is 6. The number of carbonyl (C=O) groups excluding carboxylic acids is 1. The summed E-state index contributed by atoms with van der Waals surface area (Å²) >= 11 is 0. The smallest absolute Gasteiger partial charge is 0.308 e. The van der Waals surface area contributed by atoms with Gasteiger partial charge >= 0.3 is 5.97 Å². The second-order valence-corrected chi connectivity index (χ2v) is 7.92. The number of piperidine rings is 1. The van der Waals surface area contributed by atoms with E-state index in [2.05, 4.69) is 10.1 Å². The van der Waals surface area contributed by atoms with Gasteiger partial charge in [-0.05, 0) is 45.2 Å². The quantitative estimate of drug-likeness (QED) is 0.719. The maximum atomic E-state index is 13.5. The molecule has 8 nitrogen and oxygen atoms in total. The molecule has 8 heteroatoms. The van der Waals surface area contributed by atoms with Gasteiger partial charge in [-0.2, -0.15) is 0 Å². The van der Waals surface area contributed by atoms with E-state index in [4.69, 9.17) is 8.94 Å². The molecule has 1 saturated heterocycles. The van der Waals surface area contributed by atoms with E-state index in [1.807, 2.05) is 26.8 Å². The zero-order chi connectivity index (χ0) is 20.9. The number of rotatable bonds is 3. The predicted molar refractivity (Wildman–Crippen MR) is 105 cm³/mol. The highest BCUT2D eigenvalue weighted by molar-refractivity contribution is 6.07. The van der Waals surface area contributed by atoms with Gasteiger partial charge < -0.3 is 18.9 Å². The van der Waals surface area contributed by atoms with Gasteiger partial charge in [-0.1, -0.05) is 12.1 Å². The van der Waals surface area contributed by atoms with Gasteiger partial charge in [0.2, 0.25) is 0 Å². The number of carboxylic acid groups (broad SMARTS) is 1. The number of aliphatic carboxylic acids is 1. The molecular formula is C21H23N3O5. The number of furan rings is 1. The van der Waals surface area contributed by atoms with Crippen LogP contribution in [0.5, 0.6) is 0 Å². The molecule has 3 aromatic heterocycles. The molecule has 0 spiro atoms. The molecule has 0 radical (unpaired) electrons. The van der Waals surface area contributed by atoms with Gasteiger partial charge in [0.05, 0.1) is 28.3 Å². The number of hydrogen-bond donors (Lipinski definition) is 1. The Kier molecular flexibility index (Phi) is 4.64. The molecule has 4 rings (SSSR count). The zero-order valence-electron chi connectivity index (χ0n) is 16.9. The average Bonchev–Trinajstić information content (AvgIpc) is 3.21. The Morgan fingerprint density at radius 2 is 1.97 bits per heavy atom. The van der Waals surface area contributed by atoms with Crippen LogP contribution < -0.4 is 0 Å². The third-order valence-corrected chi connectivity index (χ3v) is 5.46. The summed E-state index contributed by atoms with van der Waals surface area (Å²) < 4.78 is 11.0. The fourth-order valence-corrected chi connectivity index (χ4v) is 4.15. The summed E-state index contributed by atoms with van der Waals surface area (Å²) in [6.45, 7) is 8.11. The molecule has 1 amide bonds. The minimum Gasteiger partial charge on any atom is -0.481 e. The third-order valence-electron chi connectivity index (χ3n) is 5.46. The lowest BCUT2D eigenvalue weighted by atomic mass is 9.90. The van der Waals surface area contributed by atoms with E-state index in [-0.39, 0.29) is 24.1 Å². The van der Waals surface area contributed by atoms with E-state index in [1.54, 1.807) is 17.9 Å². The Morgan fingerprint density at radius 3 is 2.62 bits per heavy atom. The van der Waals surface area contributed by atoms with Crippen molar-refractivity contribution in [3.63, 3.8) is 0 Å². The lowest BCUT2D eigenvalue weighted by Gasteiger charge is -2.34. The van der Waals surface area contributed by atoms with Gasteiger partial charge in [0.15, 0.2) is 0 Å². The normalized spacial score (nSPS) is 19.7. The van der Waals surface area contributed by atoms with Gasteiger partial charge in [-0.25, -0.2) is 4.98 Å². The molecule has 4 heterocycles. The first-order valence-electron chi connectivity index (χ1n) is 9.61. The van der Waals surface area contributed by atoms with Crippen LogP contribution in [-0.4, -0.2) is 45.1 Å². The molecule has 152 valence electrons. The molecule has 1 aliphatic rings. The van der Waals surface area contributed by atoms with Crippen LogP contribution in [0.4, 0.5) is 0 Å². The van der Waals surface area contributed by atoms with Crippen molar-refractivity contribution in [2.75, 3.05) is 13.1 Å². The summed E-state index contributed by atoms with van der Waals surface area (Å²) in [7, 11) is 0. The van der Waals surface area contributed by atoms with Crippen LogP contribution >= 0.6 is 0 Å². The number of nitrogens with zero attached hydrogens (tertiary/aromatic N) is 3. The topological polar surface area (TPSA) is 110 Å². The summed E-state index contributed by atoms with van der Waals surface area (Å²) in [6, 6.07) is 3.59. The van der Waals surface area contributed by atoms with Crippen LogP contribution in [0.25, 0.3) is 22.4 Å². The van der Waals surface area contributed by atoms with Crippen molar-refractivity contribution in [2.45, 2.75) is 34.1 Å². The van der Waals surface area contributed by atoms with Crippen molar-refractivity contribution < 1.29 is 23.6 Å². The van der Waals surface area contributed by atoms with E-state index in [9.17, 15) is 14.7 Å². The molecule has 0 aromatic carbocycles. The third kappa shape index (κ3) is 3.39. The summed E-state index contributed by atoms with van der Waals surface area (Å²) in [5.41, 5.74) is 2.61. The highest BCUT2D eigenvalue weighted by atomic mass is 16.5. The van der Waals surface area contributed by atoms with Crippen molar-refractivity contribution in [3.8, 4) is 11.3 Å². The molecule has 29 heavy (non-hydrogen) atoms. The second kappa shape index (κ2) is 7.02. The minimum absolute atomic E-state index is 0.105. The maximum Gasteiger partial charge on any atom is 0.308 e. The Bertz CT molecular complexity index is 1110. The summed E-state index contributed by atoms with van der Waals surface area (Å²) in [6.07, 6.45) is 0.565. The Morgan fingerprint density at radius 1 is 1.21 bits per heavy atom. The van der Waals surface area contributed by atoms with E-state index in [0.29, 0.717) is 41.1 Å². The van der Waals surface area contributed by atoms with Gasteiger partial charge in [0.25, 0.3) is 11.6 Å². The number of carbonyl (C=O) groups is 2. The second-order valence-electron chi connectivity index (χ2n) is 7.92. The summed E-state index contributed by atoms with van der Waals surface area (Å²) in [5.74, 6) is -0.132. The van der Waals surface area contributed by atoms with Crippen LogP contribution in [0, 0.1) is 32.6 Å². The molecule has 3 aromatic rings. The fourth-order valence-electron chi connectivity index (χ4n) is 4.15. The molecule has 0 saturated carbocycles. The predicted octanol–water partition coefficient (Wildman–Crippen LogP) is 3.59. The lowest BCUT2D eigenvalue weighted by molar-refractivity contribution is -0.143. The molecule has 1 N–H and O–H groups in total. The van der Waals surface area contributed by atoms with Crippen LogP contribution in [0.1, 0.15) is 40.9 Å². The van der Waals surface area contributed by atoms with Gasteiger partial charge in [-0.3, -0.25) is 9.59 Å². The van der Waals surface area contributed by atoms with Gasteiger partial charge in [0, 0.05) is 18.7 Å². The monoisotopic (exact) mass is 397 g/mol. The number of fused-ring (bicyclic) bond motifs is 1. The van der Waals surface area contributed by atoms with Crippen molar-refractivity contribution >= 4 is 23.0 Å². The molecule has 2 atom stereocenters. The summed E-state index contributed by atoms with van der Waals surface area (Å²) in [4.78, 5) is 31.1. The SMILES string of the molecule is Cc1cc(-c2cc(C(=O)N3CC(C)CC(C(=O)O)C3)c3c(C)noc3n2)c(C)o1. The van der Waals surface area contributed by atoms with E-state index in [0.717, 1.165) is 11.3 Å². The van der Waals surface area contributed by atoms with E-state index in [1.165, 1.54) is 0 Å². The maximum absolute atomic E-state index is 13.5. The van der Waals surface area contributed by atoms with E-state index < -0.39 is 11.9 Å². The molecule has 0 aliphatic carbocycles.